The van der Waals surface area contributed by atoms with Gasteiger partial charge >= 0.3 is 0 Å². The summed E-state index contributed by atoms with van der Waals surface area (Å²) >= 11 is 0. The summed E-state index contributed by atoms with van der Waals surface area (Å²) in [5, 5.41) is 12.8. The Morgan fingerprint density at radius 1 is 0.200 bits per heavy atom. The molecule has 0 amide bonds. The molecule has 0 saturated carbocycles. The van der Waals surface area contributed by atoms with Crippen molar-refractivity contribution in [1.29, 1.82) is 0 Å². The van der Waals surface area contributed by atoms with Gasteiger partial charge in [-0.1, -0.05) is 230 Å². The Hall–Kier alpha value is -9.36. The van der Waals surface area contributed by atoms with Crippen LogP contribution in [0.5, 0.6) is 0 Å². The highest BCUT2D eigenvalue weighted by Gasteiger charge is 2.29. The molecule has 0 N–H and O–H groups in total. The van der Waals surface area contributed by atoms with E-state index in [1.165, 1.54) is 165 Å². The van der Waals surface area contributed by atoms with Gasteiger partial charge in [-0.15, -0.1) is 0 Å². The Kier molecular flexibility index (Phi) is 10.8. The van der Waals surface area contributed by atoms with Crippen LogP contribution in [0.25, 0.3) is 154 Å². The minimum atomic E-state index is 0.00579. The van der Waals surface area contributed by atoms with Gasteiger partial charge in [-0.2, -0.15) is 0 Å². The molecule has 0 unspecified atom stereocenters. The van der Waals surface area contributed by atoms with Gasteiger partial charge < -0.3 is 0 Å². The molecule has 1 aliphatic rings. The Balaban J connectivity index is 1.06. The van der Waals surface area contributed by atoms with E-state index in [1.807, 2.05) is 0 Å². The fourth-order valence-electron chi connectivity index (χ4n) is 13.2. The number of rotatable bonds is 7. The molecule has 380 valence electrons. The highest BCUT2D eigenvalue weighted by Crippen LogP contribution is 2.56. The Morgan fingerprint density at radius 3 is 1.01 bits per heavy atom. The van der Waals surface area contributed by atoms with Gasteiger partial charge in [0.25, 0.3) is 0 Å². The lowest BCUT2D eigenvalue weighted by Gasteiger charge is -2.26. The van der Waals surface area contributed by atoms with Crippen LogP contribution in [0.1, 0.15) is 52.7 Å². The average molecular weight is 1020 g/mol. The number of benzene rings is 14. The standard InChI is InChI=1S/C80H60/c1-79(2,3)64-43-60(44-65(46-64)80(4,5)6)59-35-54-32-31-53-33-34-68-69-47-72-73(48-70(69)71-45-63(42-59)74(54)77(53)78(68)71)76(62-40-57(51-25-15-9-16-26-51)37-58(41-62)52-27-17-10-18-28-52)67-30-20-19-29-66(67)75(72)61-38-55(49-21-11-7-12-22-49)36-56(39-61)50-23-13-8-14-24-50/h7-48H,1-6H3. The van der Waals surface area contributed by atoms with Crippen molar-refractivity contribution in [1.82, 2.24) is 0 Å². The molecule has 0 aromatic heterocycles. The van der Waals surface area contributed by atoms with E-state index in [9.17, 15) is 0 Å². The second-order valence-electron chi connectivity index (χ2n) is 24.5. The lowest BCUT2D eigenvalue weighted by molar-refractivity contribution is 0.569. The van der Waals surface area contributed by atoms with Crippen LogP contribution in [0.3, 0.4) is 0 Å². The van der Waals surface area contributed by atoms with Crippen LogP contribution in [0, 0.1) is 0 Å². The summed E-state index contributed by atoms with van der Waals surface area (Å²) in [6.45, 7) is 14.0. The van der Waals surface area contributed by atoms with E-state index in [4.69, 9.17) is 0 Å². The summed E-state index contributed by atoms with van der Waals surface area (Å²) in [6.07, 6.45) is 0. The van der Waals surface area contributed by atoms with E-state index >= 15 is 0 Å². The second kappa shape index (κ2) is 18.1. The van der Waals surface area contributed by atoms with Gasteiger partial charge in [0.2, 0.25) is 0 Å². The SMILES string of the molecule is CC(C)(C)c1cc(-c2cc3ccc4ccc5c6c(cc(c2)c3c46)-c2cc3c(-c4cc(-c6ccccc6)cc(-c6ccccc6)c4)c4ccccc4c(-c4cc(-c6ccccc6)cc(-c6ccccc6)c4)c3cc2-5)cc(C(C)(C)C)c1. The van der Waals surface area contributed by atoms with Crippen LogP contribution in [-0.2, 0) is 10.8 Å². The lowest BCUT2D eigenvalue weighted by Crippen LogP contribution is -2.16. The molecule has 0 radical (unpaired) electrons. The molecule has 0 bridgehead atoms. The van der Waals surface area contributed by atoms with E-state index in [2.05, 4.69) is 296 Å². The third-order valence-electron chi connectivity index (χ3n) is 17.3. The first kappa shape index (κ1) is 47.8. The van der Waals surface area contributed by atoms with E-state index in [-0.39, 0.29) is 10.8 Å². The van der Waals surface area contributed by atoms with Gasteiger partial charge in [-0.25, -0.2) is 0 Å². The van der Waals surface area contributed by atoms with Gasteiger partial charge in [-0.3, -0.25) is 0 Å². The van der Waals surface area contributed by atoms with Crippen LogP contribution in [-0.4, -0.2) is 0 Å². The Morgan fingerprint density at radius 2 is 0.562 bits per heavy atom. The molecule has 14 aromatic carbocycles. The molecule has 0 atom stereocenters. The smallest absolute Gasteiger partial charge is 0.00137 e. The normalized spacial score (nSPS) is 12.4. The van der Waals surface area contributed by atoms with Gasteiger partial charge in [0, 0.05) is 0 Å². The second-order valence-corrected chi connectivity index (χ2v) is 24.5. The van der Waals surface area contributed by atoms with E-state index in [0.29, 0.717) is 0 Å². The van der Waals surface area contributed by atoms with Crippen molar-refractivity contribution < 1.29 is 0 Å². The molecule has 80 heavy (non-hydrogen) atoms. The van der Waals surface area contributed by atoms with Crippen molar-refractivity contribution in [3.63, 3.8) is 0 Å². The lowest BCUT2D eigenvalue weighted by atomic mass is 9.78. The van der Waals surface area contributed by atoms with Crippen molar-refractivity contribution in [3.8, 4) is 100 Å². The summed E-state index contributed by atoms with van der Waals surface area (Å²) in [6, 6.07) is 96.7. The molecule has 0 fully saturated rings. The zero-order chi connectivity index (χ0) is 54.0. The minimum Gasteiger partial charge on any atom is -0.0622 e. The molecular weight excluding hydrogens is 961 g/mol. The molecule has 0 heterocycles. The van der Waals surface area contributed by atoms with Crippen LogP contribution in [0.15, 0.2) is 255 Å². The molecule has 14 aromatic rings. The summed E-state index contributed by atoms with van der Waals surface area (Å²) in [5.41, 5.74) is 24.9. The zero-order valence-corrected chi connectivity index (χ0v) is 46.2. The van der Waals surface area contributed by atoms with Crippen LogP contribution in [0.2, 0.25) is 0 Å². The van der Waals surface area contributed by atoms with Gasteiger partial charge in [-0.05, 0) is 243 Å². The largest absolute Gasteiger partial charge is 0.0622 e. The third-order valence-corrected chi connectivity index (χ3v) is 17.3. The van der Waals surface area contributed by atoms with Crippen LogP contribution in [0.4, 0.5) is 0 Å². The maximum Gasteiger partial charge on any atom is -0.00137 e. The average Bonchev–Trinajstić information content (AvgIpc) is 3.96. The Bertz CT molecular complexity index is 4630. The molecule has 0 spiro atoms. The third kappa shape index (κ3) is 7.88. The quantitative estimate of drug-likeness (QED) is 0.110. The first-order chi connectivity index (χ1) is 38.9. The fraction of sp³-hybridized carbons (Fsp3) is 0.100. The van der Waals surface area contributed by atoms with Crippen molar-refractivity contribution >= 4 is 53.9 Å². The predicted octanol–water partition coefficient (Wildman–Crippen LogP) is 22.8. The van der Waals surface area contributed by atoms with Crippen molar-refractivity contribution in [2.45, 2.75) is 52.4 Å². The maximum absolute atomic E-state index is 2.58. The summed E-state index contributed by atoms with van der Waals surface area (Å²) in [4.78, 5) is 0. The number of hydrogen-bond acceptors (Lipinski definition) is 0. The molecule has 1 aliphatic carbocycles. The fourth-order valence-corrected chi connectivity index (χ4v) is 13.2. The summed E-state index contributed by atoms with van der Waals surface area (Å²) < 4.78 is 0. The van der Waals surface area contributed by atoms with Crippen LogP contribution >= 0.6 is 0 Å². The van der Waals surface area contributed by atoms with Crippen molar-refractivity contribution in [3.05, 3.63) is 266 Å². The highest BCUT2D eigenvalue weighted by molar-refractivity contribution is 6.34. The van der Waals surface area contributed by atoms with Crippen molar-refractivity contribution in [2.75, 3.05) is 0 Å². The first-order valence-electron chi connectivity index (χ1n) is 28.4. The molecular formula is C80H60. The predicted molar refractivity (Wildman–Crippen MR) is 345 cm³/mol. The van der Waals surface area contributed by atoms with E-state index in [0.717, 1.165) is 0 Å². The monoisotopic (exact) mass is 1020 g/mol. The highest BCUT2D eigenvalue weighted by atomic mass is 14.3. The molecule has 0 aliphatic heterocycles. The van der Waals surface area contributed by atoms with Gasteiger partial charge in [0.1, 0.15) is 0 Å². The van der Waals surface area contributed by atoms with Crippen molar-refractivity contribution in [2.24, 2.45) is 0 Å². The molecule has 15 rings (SSSR count). The molecule has 0 nitrogen and oxygen atoms in total. The topological polar surface area (TPSA) is 0 Å². The molecule has 0 heteroatoms. The summed E-state index contributed by atoms with van der Waals surface area (Å²) in [5.74, 6) is 0. The van der Waals surface area contributed by atoms with E-state index in [1.54, 1.807) is 0 Å². The van der Waals surface area contributed by atoms with Gasteiger partial charge in [0.05, 0.1) is 0 Å². The van der Waals surface area contributed by atoms with Gasteiger partial charge in [0.15, 0.2) is 0 Å². The summed E-state index contributed by atoms with van der Waals surface area (Å²) in [7, 11) is 0. The zero-order valence-electron chi connectivity index (χ0n) is 46.2. The van der Waals surface area contributed by atoms with Crippen LogP contribution < -0.4 is 0 Å². The first-order valence-corrected chi connectivity index (χ1v) is 28.4. The van der Waals surface area contributed by atoms with E-state index < -0.39 is 0 Å². The number of fused-ring (bicyclic) bond motifs is 5. The molecule has 0 saturated heterocycles. The minimum absolute atomic E-state index is 0.00579. The number of hydrogen-bond donors (Lipinski definition) is 0. The Labute approximate surface area is 469 Å². The maximum atomic E-state index is 2.58.